The maximum absolute atomic E-state index is 13.6. The quantitative estimate of drug-likeness (QED) is 0.267. The molecule has 2 aromatic carbocycles. The van der Waals surface area contributed by atoms with Crippen LogP contribution < -0.4 is 14.4 Å². The van der Waals surface area contributed by atoms with Gasteiger partial charge in [0, 0.05) is 67.2 Å². The number of hydrogen-bond donors (Lipinski definition) is 1. The topological polar surface area (TPSA) is 71.1 Å². The third-order valence-corrected chi connectivity index (χ3v) is 15.2. The van der Waals surface area contributed by atoms with E-state index in [1.54, 1.807) is 0 Å². The van der Waals surface area contributed by atoms with E-state index in [1.807, 2.05) is 31.2 Å². The van der Waals surface area contributed by atoms with Gasteiger partial charge in [-0.3, -0.25) is 14.6 Å². The van der Waals surface area contributed by atoms with Gasteiger partial charge in [0.1, 0.15) is 11.0 Å². The van der Waals surface area contributed by atoms with Gasteiger partial charge < -0.3 is 14.2 Å². The van der Waals surface area contributed by atoms with Gasteiger partial charge in [0.15, 0.2) is 0 Å². The van der Waals surface area contributed by atoms with Crippen LogP contribution in [0.25, 0.3) is 0 Å². The van der Waals surface area contributed by atoms with E-state index in [9.17, 15) is 9.35 Å². The number of carbonyl (C=O) groups is 1. The highest BCUT2D eigenvalue weighted by Crippen LogP contribution is 2.48. The van der Waals surface area contributed by atoms with E-state index in [0.717, 1.165) is 68.3 Å². The maximum atomic E-state index is 13.6. The van der Waals surface area contributed by atoms with Crippen LogP contribution in [0, 0.1) is 23.7 Å². The Morgan fingerprint density at radius 2 is 1.94 bits per heavy atom. The molecule has 8 atom stereocenters. The minimum absolute atomic E-state index is 0.161. The lowest BCUT2D eigenvalue weighted by molar-refractivity contribution is 0.0281. The Kier molecular flexibility index (Phi) is 10.2. The Morgan fingerprint density at radius 1 is 1.04 bits per heavy atom. The van der Waals surface area contributed by atoms with Crippen LogP contribution in [-0.4, -0.2) is 84.0 Å². The summed E-state index contributed by atoms with van der Waals surface area (Å²) in [5.74, 6) is 2.39. The highest BCUT2D eigenvalue weighted by molar-refractivity contribution is 7.90. The van der Waals surface area contributed by atoms with E-state index in [2.05, 4.69) is 50.6 Å². The van der Waals surface area contributed by atoms with Crippen molar-refractivity contribution in [3.8, 4) is 5.75 Å². The molecule has 2 aromatic rings. The number of hydrogen-bond acceptors (Lipinski definition) is 6. The van der Waals surface area contributed by atoms with Crippen molar-refractivity contribution in [1.82, 2.24) is 14.5 Å². The zero-order valence-corrected chi connectivity index (χ0v) is 31.5. The number of nitrogens with one attached hydrogen (secondary N) is 1. The van der Waals surface area contributed by atoms with Crippen LogP contribution in [0.2, 0.25) is 5.02 Å². The Hall–Kier alpha value is -2.23. The van der Waals surface area contributed by atoms with Crippen LogP contribution >= 0.6 is 11.6 Å². The van der Waals surface area contributed by atoms with Crippen molar-refractivity contribution < 1.29 is 14.1 Å². The molecular formula is C41H55ClN4O3S. The van der Waals surface area contributed by atoms with Crippen molar-refractivity contribution in [3.05, 3.63) is 70.3 Å². The van der Waals surface area contributed by atoms with Crippen LogP contribution in [0.1, 0.15) is 86.7 Å². The molecule has 7 nitrogen and oxygen atoms in total. The molecule has 0 aromatic heterocycles. The second-order valence-electron chi connectivity index (χ2n) is 16.5. The average molecular weight is 719 g/mol. The summed E-state index contributed by atoms with van der Waals surface area (Å²) >= 11 is 5.02. The van der Waals surface area contributed by atoms with E-state index in [-0.39, 0.29) is 22.5 Å². The number of carbonyl (C=O) groups excluding carboxylic acids is 1. The molecule has 1 amide bonds. The molecule has 4 aliphatic heterocycles. The first-order valence-corrected chi connectivity index (χ1v) is 21.0. The Balaban J connectivity index is 1.13. The van der Waals surface area contributed by atoms with Crippen molar-refractivity contribution >= 4 is 34.6 Å². The highest BCUT2D eigenvalue weighted by Gasteiger charge is 2.45. The number of anilines is 1. The fourth-order valence-corrected chi connectivity index (χ4v) is 11.3. The van der Waals surface area contributed by atoms with Crippen molar-refractivity contribution in [2.75, 3.05) is 57.3 Å². The third-order valence-electron chi connectivity index (χ3n) is 13.4. The number of piperidine rings is 1. The molecule has 8 rings (SSSR count). The van der Waals surface area contributed by atoms with Crippen molar-refractivity contribution in [1.29, 1.82) is 0 Å². The molecule has 1 spiro atoms. The number of amides is 1. The molecule has 1 saturated carbocycles. The predicted octanol–water partition coefficient (Wildman–Crippen LogP) is 7.00. The van der Waals surface area contributed by atoms with Gasteiger partial charge in [-0.1, -0.05) is 43.2 Å². The first-order chi connectivity index (χ1) is 24.3. The molecule has 2 aliphatic carbocycles. The molecular weight excluding hydrogens is 664 g/mol. The number of fused-ring (bicyclic) bond motifs is 5. The first kappa shape index (κ1) is 34.8. The summed E-state index contributed by atoms with van der Waals surface area (Å²) in [4.78, 5) is 21.7. The Morgan fingerprint density at radius 3 is 2.80 bits per heavy atom. The summed E-state index contributed by atoms with van der Waals surface area (Å²) in [6.07, 6.45) is 15.5. The van der Waals surface area contributed by atoms with Crippen molar-refractivity contribution in [2.45, 2.75) is 88.3 Å². The van der Waals surface area contributed by atoms with Crippen LogP contribution in [0.15, 0.2) is 48.6 Å². The lowest BCUT2D eigenvalue weighted by Crippen LogP contribution is -2.56. The number of benzene rings is 2. The van der Waals surface area contributed by atoms with E-state index >= 15 is 0 Å². The standard InChI is InChI=1S/C41H55ClN4O3S/c1-28-7-5-8-32(23-44-19-20-45-18-4-3-10-35(45)25-44)36-14-11-33(36)24-46-26-41(17-6-9-30-21-34(42)13-15-37(30)41)27-49-39-16-12-31(22-38(39)46)40(47)43-50(48)29(28)2/h5,8,12-13,15-16,21-22,28-29,32-33,35-36H,3-4,6-7,9-11,14,17-20,23-27H2,1-2H3,(H,43,47)/b8-5+/t28?,29?,32?,33?,35?,36?,41-,50?/m0/s1. The molecule has 50 heavy (non-hydrogen) atoms. The zero-order chi connectivity index (χ0) is 34.4. The average Bonchev–Trinajstić information content (AvgIpc) is 3.25. The number of aryl methyl sites for hydroxylation is 1. The lowest BCUT2D eigenvalue weighted by atomic mass is 9.65. The monoisotopic (exact) mass is 718 g/mol. The fraction of sp³-hybridized carbons (Fsp3) is 0.634. The molecule has 2 bridgehead atoms. The van der Waals surface area contributed by atoms with Crippen LogP contribution in [0.5, 0.6) is 5.75 Å². The van der Waals surface area contributed by atoms with Gasteiger partial charge >= 0.3 is 0 Å². The van der Waals surface area contributed by atoms with Crippen LogP contribution in [-0.2, 0) is 23.2 Å². The first-order valence-electron chi connectivity index (χ1n) is 19.4. The Bertz CT molecular complexity index is 1590. The summed E-state index contributed by atoms with van der Waals surface area (Å²) < 4.78 is 23.1. The van der Waals surface area contributed by atoms with E-state index < -0.39 is 11.4 Å². The number of nitrogens with zero attached hydrogens (tertiary/aromatic N) is 3. The van der Waals surface area contributed by atoms with Gasteiger partial charge in [0.05, 0.1) is 23.7 Å². The Labute approximate surface area is 307 Å². The van der Waals surface area contributed by atoms with Crippen molar-refractivity contribution in [3.63, 3.8) is 0 Å². The number of piperazine rings is 1. The van der Waals surface area contributed by atoms with Crippen LogP contribution in [0.4, 0.5) is 5.69 Å². The summed E-state index contributed by atoms with van der Waals surface area (Å²) in [6.45, 7) is 12.5. The number of allylic oxidation sites excluding steroid dienone is 1. The summed E-state index contributed by atoms with van der Waals surface area (Å²) in [5, 5.41) is 0.632. The minimum Gasteiger partial charge on any atom is -0.593 e. The predicted molar refractivity (Wildman–Crippen MR) is 204 cm³/mol. The number of halogens is 1. The van der Waals surface area contributed by atoms with Gasteiger partial charge in [0.25, 0.3) is 5.91 Å². The van der Waals surface area contributed by atoms with Gasteiger partial charge in [-0.2, -0.15) is 4.72 Å². The third kappa shape index (κ3) is 6.96. The van der Waals surface area contributed by atoms with Gasteiger partial charge in [-0.25, -0.2) is 0 Å². The number of ether oxygens (including phenoxy) is 1. The van der Waals surface area contributed by atoms with Crippen LogP contribution in [0.3, 0.4) is 0 Å². The molecule has 1 N–H and O–H groups in total. The molecule has 2 saturated heterocycles. The SMILES string of the molecule is CC1C/C=C/C(CN2CCN3CCCCC3C2)C2CCC2CN2C[C@@]3(CCCc4cc(Cl)ccc43)COc3ccc(cc32)C(=O)N[S+]([O-])C1C. The normalized spacial score (nSPS) is 35.8. The highest BCUT2D eigenvalue weighted by atomic mass is 35.5. The molecule has 0 radical (unpaired) electrons. The molecule has 3 fully saturated rings. The van der Waals surface area contributed by atoms with Gasteiger partial charge in [-0.05, 0) is 124 Å². The molecule has 270 valence electrons. The number of rotatable bonds is 2. The minimum atomic E-state index is -1.49. The molecule has 9 heteroatoms. The molecule has 4 heterocycles. The zero-order valence-electron chi connectivity index (χ0n) is 30.0. The van der Waals surface area contributed by atoms with E-state index in [1.165, 1.54) is 62.9 Å². The second-order valence-corrected chi connectivity index (χ2v) is 18.5. The molecule has 7 unspecified atom stereocenters. The van der Waals surface area contributed by atoms with Crippen molar-refractivity contribution in [2.24, 2.45) is 23.7 Å². The maximum Gasteiger partial charge on any atom is 0.292 e. The fourth-order valence-electron chi connectivity index (χ4n) is 10.1. The summed E-state index contributed by atoms with van der Waals surface area (Å²) in [7, 11) is 0. The smallest absolute Gasteiger partial charge is 0.292 e. The largest absolute Gasteiger partial charge is 0.593 e. The second kappa shape index (κ2) is 14.7. The summed E-state index contributed by atoms with van der Waals surface area (Å²) in [6, 6.07) is 12.9. The van der Waals surface area contributed by atoms with E-state index in [4.69, 9.17) is 16.3 Å². The summed E-state index contributed by atoms with van der Waals surface area (Å²) in [5.41, 5.74) is 4.06. The molecule has 6 aliphatic rings. The van der Waals surface area contributed by atoms with Gasteiger partial charge in [-0.15, -0.1) is 0 Å². The lowest BCUT2D eigenvalue weighted by Gasteiger charge is -2.48. The van der Waals surface area contributed by atoms with E-state index in [0.29, 0.717) is 36.0 Å². The van der Waals surface area contributed by atoms with Gasteiger partial charge in [0.2, 0.25) is 0 Å².